The molecule has 0 spiro atoms. The number of rotatable bonds is 3. The zero-order valence-corrected chi connectivity index (χ0v) is 11.3. The van der Waals surface area contributed by atoms with Crippen molar-refractivity contribution in [2.24, 2.45) is 0 Å². The van der Waals surface area contributed by atoms with Gasteiger partial charge >= 0.3 is 5.97 Å². The number of nitrogens with zero attached hydrogens (tertiary/aromatic N) is 1. The van der Waals surface area contributed by atoms with Gasteiger partial charge < -0.3 is 10.4 Å². The molecule has 2 aromatic rings. The van der Waals surface area contributed by atoms with Gasteiger partial charge in [0.2, 0.25) is 0 Å². The second-order valence-electron chi connectivity index (χ2n) is 4.15. The van der Waals surface area contributed by atoms with Gasteiger partial charge in [-0.2, -0.15) is 0 Å². The smallest absolute Gasteiger partial charge is 0.337 e. The number of anilines is 1. The van der Waals surface area contributed by atoms with Gasteiger partial charge in [-0.3, -0.25) is 4.79 Å². The number of hydrogen-bond acceptors (Lipinski definition) is 3. The average molecular weight is 291 g/mol. The van der Waals surface area contributed by atoms with Crippen LogP contribution in [-0.4, -0.2) is 22.0 Å². The molecule has 0 aliphatic heterocycles. The highest BCUT2D eigenvalue weighted by Gasteiger charge is 2.11. The summed E-state index contributed by atoms with van der Waals surface area (Å²) in [4.78, 5) is 26.6. The van der Waals surface area contributed by atoms with Crippen LogP contribution in [0.5, 0.6) is 0 Å². The lowest BCUT2D eigenvalue weighted by atomic mass is 10.1. The van der Waals surface area contributed by atoms with Crippen LogP contribution in [0.15, 0.2) is 36.5 Å². The molecular weight excluding hydrogens is 280 g/mol. The summed E-state index contributed by atoms with van der Waals surface area (Å²) >= 11 is 5.86. The number of carboxylic acids is 1. The molecule has 0 radical (unpaired) electrons. The van der Waals surface area contributed by atoms with Gasteiger partial charge in [0.1, 0.15) is 5.82 Å². The van der Waals surface area contributed by atoms with Crippen LogP contribution in [0.4, 0.5) is 5.82 Å². The minimum Gasteiger partial charge on any atom is -0.478 e. The van der Waals surface area contributed by atoms with E-state index in [0.29, 0.717) is 10.6 Å². The lowest BCUT2D eigenvalue weighted by Gasteiger charge is -2.07. The van der Waals surface area contributed by atoms with Crippen LogP contribution in [0.25, 0.3) is 0 Å². The number of aryl methyl sites for hydroxylation is 1. The highest BCUT2D eigenvalue weighted by atomic mass is 35.5. The van der Waals surface area contributed by atoms with E-state index in [4.69, 9.17) is 16.7 Å². The molecule has 2 N–H and O–H groups in total. The van der Waals surface area contributed by atoms with Crippen molar-refractivity contribution in [1.82, 2.24) is 4.98 Å². The van der Waals surface area contributed by atoms with E-state index < -0.39 is 5.97 Å². The molecular formula is C14H11ClN2O3. The van der Waals surface area contributed by atoms with Crippen molar-refractivity contribution in [3.63, 3.8) is 0 Å². The van der Waals surface area contributed by atoms with Crippen molar-refractivity contribution in [3.05, 3.63) is 58.2 Å². The van der Waals surface area contributed by atoms with Crippen molar-refractivity contribution < 1.29 is 14.7 Å². The lowest BCUT2D eigenvalue weighted by Crippen LogP contribution is -2.14. The minimum absolute atomic E-state index is 0.0573. The summed E-state index contributed by atoms with van der Waals surface area (Å²) in [6.07, 6.45) is 1.18. The number of nitrogens with one attached hydrogen (secondary N) is 1. The Morgan fingerprint density at radius 3 is 2.60 bits per heavy atom. The van der Waals surface area contributed by atoms with E-state index >= 15 is 0 Å². The molecule has 0 saturated carbocycles. The quantitative estimate of drug-likeness (QED) is 0.911. The van der Waals surface area contributed by atoms with Gasteiger partial charge in [0.15, 0.2) is 0 Å². The molecule has 0 aliphatic rings. The fraction of sp³-hybridized carbons (Fsp3) is 0.0714. The number of pyridine rings is 1. The molecule has 0 unspecified atom stereocenters. The van der Waals surface area contributed by atoms with Gasteiger partial charge in [0.05, 0.1) is 5.56 Å². The van der Waals surface area contributed by atoms with Crippen LogP contribution in [-0.2, 0) is 0 Å². The van der Waals surface area contributed by atoms with Gasteiger partial charge in [-0.15, -0.1) is 0 Å². The zero-order valence-electron chi connectivity index (χ0n) is 10.6. The van der Waals surface area contributed by atoms with Crippen LogP contribution in [0.1, 0.15) is 26.3 Å². The summed E-state index contributed by atoms with van der Waals surface area (Å²) in [7, 11) is 0. The number of carbonyl (C=O) groups is 2. The second-order valence-corrected chi connectivity index (χ2v) is 4.59. The number of aromatic nitrogens is 1. The van der Waals surface area contributed by atoms with Crippen LogP contribution in [0, 0.1) is 6.92 Å². The molecule has 5 nitrogen and oxygen atoms in total. The Bertz CT molecular complexity index is 669. The van der Waals surface area contributed by atoms with Crippen LogP contribution in [0.2, 0.25) is 5.02 Å². The molecule has 1 amide bonds. The lowest BCUT2D eigenvalue weighted by molar-refractivity contribution is 0.0696. The van der Waals surface area contributed by atoms with Crippen molar-refractivity contribution in [2.45, 2.75) is 6.92 Å². The molecule has 0 atom stereocenters. The third-order valence-corrected chi connectivity index (χ3v) is 2.93. The van der Waals surface area contributed by atoms with Crippen LogP contribution >= 0.6 is 11.6 Å². The Labute approximate surface area is 120 Å². The van der Waals surface area contributed by atoms with Gasteiger partial charge in [-0.25, -0.2) is 9.78 Å². The number of carboxylic acid groups (broad SMARTS) is 1. The first kappa shape index (κ1) is 14.0. The summed E-state index contributed by atoms with van der Waals surface area (Å²) in [6, 6.07) is 7.82. The van der Waals surface area contributed by atoms with Crippen LogP contribution in [0.3, 0.4) is 0 Å². The monoisotopic (exact) mass is 290 g/mol. The molecule has 0 aliphatic carbocycles. The maximum atomic E-state index is 12.1. The third-order valence-electron chi connectivity index (χ3n) is 2.70. The summed E-state index contributed by atoms with van der Waals surface area (Å²) in [5.41, 5.74) is 1.29. The Hall–Kier alpha value is -2.40. The fourth-order valence-corrected chi connectivity index (χ4v) is 1.79. The number of halogens is 1. The van der Waals surface area contributed by atoms with Gasteiger partial charge in [-0.1, -0.05) is 17.7 Å². The topological polar surface area (TPSA) is 79.3 Å². The highest BCUT2D eigenvalue weighted by molar-refractivity contribution is 6.31. The Balaban J connectivity index is 2.19. The van der Waals surface area contributed by atoms with E-state index in [1.165, 1.54) is 18.3 Å². The van der Waals surface area contributed by atoms with Gasteiger partial charge in [-0.05, 0) is 36.8 Å². The number of benzene rings is 1. The Morgan fingerprint density at radius 2 is 2.00 bits per heavy atom. The van der Waals surface area contributed by atoms with E-state index in [0.717, 1.165) is 5.56 Å². The number of amides is 1. The maximum Gasteiger partial charge on any atom is 0.337 e. The van der Waals surface area contributed by atoms with Crippen LogP contribution < -0.4 is 5.32 Å². The first-order valence-corrected chi connectivity index (χ1v) is 6.12. The predicted molar refractivity (Wildman–Crippen MR) is 75.3 cm³/mol. The molecule has 102 valence electrons. The molecule has 0 bridgehead atoms. The minimum atomic E-state index is -1.07. The molecule has 1 aromatic carbocycles. The van der Waals surface area contributed by atoms with E-state index in [1.807, 2.05) is 0 Å². The van der Waals surface area contributed by atoms with E-state index in [1.54, 1.807) is 25.1 Å². The first-order valence-electron chi connectivity index (χ1n) is 5.74. The Morgan fingerprint density at radius 1 is 1.25 bits per heavy atom. The number of hydrogen-bond donors (Lipinski definition) is 2. The molecule has 20 heavy (non-hydrogen) atoms. The Kier molecular flexibility index (Phi) is 4.00. The first-order chi connectivity index (χ1) is 9.47. The SMILES string of the molecule is Cc1ccc(Cl)cc1C(=O)Nc1ccc(C(=O)O)cn1. The van der Waals surface area contributed by atoms with E-state index in [-0.39, 0.29) is 17.3 Å². The zero-order chi connectivity index (χ0) is 14.7. The standard InChI is InChI=1S/C14H11ClN2O3/c1-8-2-4-10(15)6-11(8)13(18)17-12-5-3-9(7-16-12)14(19)20/h2-7H,1H3,(H,19,20)(H,16,17,18). The molecule has 0 saturated heterocycles. The van der Waals surface area contributed by atoms with Gasteiger partial charge in [0, 0.05) is 16.8 Å². The van der Waals surface area contributed by atoms with Crippen molar-refractivity contribution in [1.29, 1.82) is 0 Å². The normalized spacial score (nSPS) is 10.1. The predicted octanol–water partition coefficient (Wildman–Crippen LogP) is 2.99. The molecule has 1 heterocycles. The molecule has 1 aromatic heterocycles. The summed E-state index contributed by atoms with van der Waals surface area (Å²) in [5.74, 6) is -1.14. The summed E-state index contributed by atoms with van der Waals surface area (Å²) < 4.78 is 0. The average Bonchev–Trinajstić information content (AvgIpc) is 2.42. The third kappa shape index (κ3) is 3.13. The largest absolute Gasteiger partial charge is 0.478 e. The van der Waals surface area contributed by atoms with Crippen molar-refractivity contribution in [2.75, 3.05) is 5.32 Å². The molecule has 0 fully saturated rings. The van der Waals surface area contributed by atoms with E-state index in [2.05, 4.69) is 10.3 Å². The second kappa shape index (κ2) is 5.71. The number of carbonyl (C=O) groups excluding carboxylic acids is 1. The van der Waals surface area contributed by atoms with Gasteiger partial charge in [0.25, 0.3) is 5.91 Å². The van der Waals surface area contributed by atoms with E-state index in [9.17, 15) is 9.59 Å². The molecule has 6 heteroatoms. The molecule has 2 rings (SSSR count). The summed E-state index contributed by atoms with van der Waals surface area (Å²) in [6.45, 7) is 1.80. The van der Waals surface area contributed by atoms with Crippen molar-refractivity contribution in [3.8, 4) is 0 Å². The number of aromatic carboxylic acids is 1. The maximum absolute atomic E-state index is 12.1. The van der Waals surface area contributed by atoms with Crippen molar-refractivity contribution >= 4 is 29.3 Å². The fourth-order valence-electron chi connectivity index (χ4n) is 1.62. The highest BCUT2D eigenvalue weighted by Crippen LogP contribution is 2.17. The summed E-state index contributed by atoms with van der Waals surface area (Å²) in [5, 5.41) is 11.8.